The molecule has 26 heavy (non-hydrogen) atoms. The molecule has 0 atom stereocenters. The summed E-state index contributed by atoms with van der Waals surface area (Å²) in [7, 11) is 0. The van der Waals surface area contributed by atoms with E-state index in [0.29, 0.717) is 32.8 Å². The maximum atomic E-state index is 12.8. The summed E-state index contributed by atoms with van der Waals surface area (Å²) in [6.45, 7) is 0. The summed E-state index contributed by atoms with van der Waals surface area (Å²) in [6, 6.07) is 20.1. The Labute approximate surface area is 160 Å². The first-order valence-corrected chi connectivity index (χ1v) is 8.68. The maximum Gasteiger partial charge on any atom is 0.258 e. The standard InChI is InChI=1S/C20H13Cl2N3O/c21-14-10-11-17-23-18(13-6-2-1-3-7-13)19(25(17)12-14)24-20(26)15-8-4-5-9-16(15)22/h1-12H,(H,24,26). The summed E-state index contributed by atoms with van der Waals surface area (Å²) in [5, 5.41) is 3.87. The van der Waals surface area contributed by atoms with Crippen molar-refractivity contribution in [2.45, 2.75) is 0 Å². The summed E-state index contributed by atoms with van der Waals surface area (Å²) in [5.41, 5.74) is 2.63. The molecule has 0 aliphatic heterocycles. The molecule has 0 bridgehead atoms. The molecule has 1 N–H and O–H groups in total. The van der Waals surface area contributed by atoms with E-state index < -0.39 is 0 Å². The Kier molecular flexibility index (Phi) is 4.37. The molecule has 0 unspecified atom stereocenters. The molecule has 0 saturated heterocycles. The highest BCUT2D eigenvalue weighted by molar-refractivity contribution is 6.34. The fourth-order valence-corrected chi connectivity index (χ4v) is 3.14. The van der Waals surface area contributed by atoms with E-state index in [9.17, 15) is 4.79 Å². The van der Waals surface area contributed by atoms with Crippen LogP contribution in [0.25, 0.3) is 16.9 Å². The molecule has 2 aromatic carbocycles. The lowest BCUT2D eigenvalue weighted by molar-refractivity contribution is 0.102. The third-order valence-corrected chi connectivity index (χ3v) is 4.53. The van der Waals surface area contributed by atoms with E-state index in [4.69, 9.17) is 23.2 Å². The summed E-state index contributed by atoms with van der Waals surface area (Å²) in [4.78, 5) is 17.4. The molecule has 0 aliphatic carbocycles. The molecule has 0 spiro atoms. The maximum absolute atomic E-state index is 12.8. The topological polar surface area (TPSA) is 46.4 Å². The Morgan fingerprint density at radius 3 is 2.42 bits per heavy atom. The fourth-order valence-electron chi connectivity index (χ4n) is 2.76. The van der Waals surface area contributed by atoms with Crippen molar-refractivity contribution < 1.29 is 4.79 Å². The van der Waals surface area contributed by atoms with Gasteiger partial charge in [-0.2, -0.15) is 0 Å². The van der Waals surface area contributed by atoms with Gasteiger partial charge in [-0.25, -0.2) is 4.98 Å². The van der Waals surface area contributed by atoms with E-state index in [-0.39, 0.29) is 5.91 Å². The second kappa shape index (κ2) is 6.83. The zero-order valence-corrected chi connectivity index (χ0v) is 15.0. The van der Waals surface area contributed by atoms with Crippen LogP contribution in [0.1, 0.15) is 10.4 Å². The van der Waals surface area contributed by atoms with Gasteiger partial charge in [-0.15, -0.1) is 0 Å². The van der Waals surface area contributed by atoms with Crippen LogP contribution in [-0.4, -0.2) is 15.3 Å². The minimum absolute atomic E-state index is 0.311. The minimum Gasteiger partial charge on any atom is -0.306 e. The minimum atomic E-state index is -0.311. The number of hydrogen-bond donors (Lipinski definition) is 1. The van der Waals surface area contributed by atoms with Crippen LogP contribution < -0.4 is 5.32 Å². The number of pyridine rings is 1. The summed E-state index contributed by atoms with van der Waals surface area (Å²) >= 11 is 12.3. The Morgan fingerprint density at radius 2 is 1.65 bits per heavy atom. The number of imidazole rings is 1. The lowest BCUT2D eigenvalue weighted by atomic mass is 10.1. The highest BCUT2D eigenvalue weighted by Gasteiger charge is 2.18. The molecule has 6 heteroatoms. The van der Waals surface area contributed by atoms with Crippen LogP contribution in [0, 0.1) is 0 Å². The zero-order valence-electron chi connectivity index (χ0n) is 13.5. The molecule has 4 nitrogen and oxygen atoms in total. The van der Waals surface area contributed by atoms with Crippen molar-refractivity contribution in [3.8, 4) is 11.3 Å². The lowest BCUT2D eigenvalue weighted by Crippen LogP contribution is -2.14. The molecule has 0 saturated carbocycles. The second-order valence-electron chi connectivity index (χ2n) is 5.68. The van der Waals surface area contributed by atoms with Crippen molar-refractivity contribution in [2.24, 2.45) is 0 Å². The number of anilines is 1. The molecule has 0 radical (unpaired) electrons. The first-order chi connectivity index (χ1) is 12.6. The molecule has 128 valence electrons. The molecular weight excluding hydrogens is 369 g/mol. The van der Waals surface area contributed by atoms with E-state index in [1.54, 1.807) is 47.0 Å². The van der Waals surface area contributed by atoms with Crippen LogP contribution in [0.4, 0.5) is 5.82 Å². The molecule has 2 aromatic heterocycles. The van der Waals surface area contributed by atoms with Gasteiger partial charge in [-0.1, -0.05) is 65.7 Å². The number of hydrogen-bond acceptors (Lipinski definition) is 2. The van der Waals surface area contributed by atoms with Gasteiger partial charge in [0.25, 0.3) is 5.91 Å². The molecule has 4 rings (SSSR count). The van der Waals surface area contributed by atoms with E-state index in [2.05, 4.69) is 10.3 Å². The quantitative estimate of drug-likeness (QED) is 0.504. The van der Waals surface area contributed by atoms with Crippen LogP contribution in [0.2, 0.25) is 10.0 Å². The third-order valence-electron chi connectivity index (χ3n) is 3.98. The summed E-state index contributed by atoms with van der Waals surface area (Å²) in [6.07, 6.45) is 1.72. The highest BCUT2D eigenvalue weighted by atomic mass is 35.5. The van der Waals surface area contributed by atoms with Gasteiger partial charge in [0.2, 0.25) is 0 Å². The van der Waals surface area contributed by atoms with E-state index in [1.165, 1.54) is 0 Å². The predicted octanol–water partition coefficient (Wildman–Crippen LogP) is 5.56. The molecule has 0 aliphatic rings. The lowest BCUT2D eigenvalue weighted by Gasteiger charge is -2.09. The zero-order chi connectivity index (χ0) is 18.1. The highest BCUT2D eigenvalue weighted by Crippen LogP contribution is 2.30. The van der Waals surface area contributed by atoms with Crippen LogP contribution >= 0.6 is 23.2 Å². The van der Waals surface area contributed by atoms with Gasteiger partial charge in [-0.05, 0) is 24.3 Å². The van der Waals surface area contributed by atoms with E-state index >= 15 is 0 Å². The normalized spacial score (nSPS) is 10.8. The van der Waals surface area contributed by atoms with E-state index in [1.807, 2.05) is 30.3 Å². The van der Waals surface area contributed by atoms with Crippen molar-refractivity contribution in [1.82, 2.24) is 9.38 Å². The Bertz CT molecular complexity index is 1110. The number of benzene rings is 2. The number of halogens is 2. The molecule has 0 fully saturated rings. The van der Waals surface area contributed by atoms with Gasteiger partial charge in [0.05, 0.1) is 15.6 Å². The Hall–Kier alpha value is -2.82. The summed E-state index contributed by atoms with van der Waals surface area (Å²) < 4.78 is 1.76. The van der Waals surface area contributed by atoms with Gasteiger partial charge in [0.1, 0.15) is 17.2 Å². The van der Waals surface area contributed by atoms with Crippen LogP contribution in [0.3, 0.4) is 0 Å². The predicted molar refractivity (Wildman–Crippen MR) is 105 cm³/mol. The number of fused-ring (bicyclic) bond motifs is 1. The number of aromatic nitrogens is 2. The number of carbonyl (C=O) groups excluding carboxylic acids is 1. The van der Waals surface area contributed by atoms with Gasteiger partial charge in [-0.3, -0.25) is 9.20 Å². The van der Waals surface area contributed by atoms with Gasteiger partial charge < -0.3 is 5.32 Å². The van der Waals surface area contributed by atoms with Crippen LogP contribution in [0.5, 0.6) is 0 Å². The monoisotopic (exact) mass is 381 g/mol. The molecule has 4 aromatic rings. The van der Waals surface area contributed by atoms with Crippen molar-refractivity contribution in [1.29, 1.82) is 0 Å². The number of amides is 1. The van der Waals surface area contributed by atoms with Crippen LogP contribution in [0.15, 0.2) is 72.9 Å². The van der Waals surface area contributed by atoms with Crippen molar-refractivity contribution >= 4 is 40.6 Å². The fraction of sp³-hybridized carbons (Fsp3) is 0. The number of carbonyl (C=O) groups is 1. The van der Waals surface area contributed by atoms with Gasteiger partial charge >= 0.3 is 0 Å². The number of nitrogens with one attached hydrogen (secondary N) is 1. The Balaban J connectivity index is 1.86. The number of rotatable bonds is 3. The molecular formula is C20H13Cl2N3O. The first-order valence-electron chi connectivity index (χ1n) is 7.92. The Morgan fingerprint density at radius 1 is 0.923 bits per heavy atom. The molecule has 2 heterocycles. The molecule has 1 amide bonds. The van der Waals surface area contributed by atoms with Crippen molar-refractivity contribution in [3.05, 3.63) is 88.5 Å². The number of nitrogens with zero attached hydrogens (tertiary/aromatic N) is 2. The van der Waals surface area contributed by atoms with E-state index in [0.717, 1.165) is 5.56 Å². The second-order valence-corrected chi connectivity index (χ2v) is 6.53. The first kappa shape index (κ1) is 16.6. The van der Waals surface area contributed by atoms with Crippen LogP contribution in [-0.2, 0) is 0 Å². The van der Waals surface area contributed by atoms with Crippen molar-refractivity contribution in [3.63, 3.8) is 0 Å². The average Bonchev–Trinajstić information content (AvgIpc) is 3.00. The summed E-state index contributed by atoms with van der Waals surface area (Å²) in [5.74, 6) is 0.230. The SMILES string of the molecule is O=C(Nc1c(-c2ccccc2)nc2ccc(Cl)cn12)c1ccccc1Cl. The third kappa shape index (κ3) is 3.05. The van der Waals surface area contributed by atoms with Gasteiger partial charge in [0.15, 0.2) is 0 Å². The van der Waals surface area contributed by atoms with Crippen molar-refractivity contribution in [2.75, 3.05) is 5.32 Å². The smallest absolute Gasteiger partial charge is 0.258 e. The average molecular weight is 382 g/mol. The van der Waals surface area contributed by atoms with Gasteiger partial charge in [0, 0.05) is 11.8 Å². The largest absolute Gasteiger partial charge is 0.306 e.